The van der Waals surface area contributed by atoms with Gasteiger partial charge in [0.2, 0.25) is 0 Å². The Morgan fingerprint density at radius 3 is 2.67 bits per heavy atom. The van der Waals surface area contributed by atoms with Gasteiger partial charge in [-0.15, -0.1) is 0 Å². The molecule has 2 nitrogen and oxygen atoms in total. The zero-order valence-corrected chi connectivity index (χ0v) is 8.03. The van der Waals surface area contributed by atoms with Crippen molar-refractivity contribution in [3.05, 3.63) is 21.4 Å². The lowest BCUT2D eigenvalue weighted by atomic mass is 10.2. The molecule has 0 spiro atoms. The molecule has 0 aliphatic rings. The van der Waals surface area contributed by atoms with Crippen LogP contribution in [0.25, 0.3) is 0 Å². The smallest absolute Gasteiger partial charge is 0.266 e. The molecule has 1 aromatic rings. The van der Waals surface area contributed by atoms with Gasteiger partial charge in [-0.1, -0.05) is 11.6 Å². The van der Waals surface area contributed by atoms with Crippen LogP contribution in [0, 0.1) is 0 Å². The molecule has 0 aliphatic carbocycles. The van der Waals surface area contributed by atoms with Crippen LogP contribution in [0.3, 0.4) is 0 Å². The lowest BCUT2D eigenvalue weighted by Crippen LogP contribution is -1.98. The van der Waals surface area contributed by atoms with E-state index in [9.17, 15) is 8.78 Å². The number of alkyl halides is 2. The molecule has 0 amide bonds. The molecule has 0 saturated carbocycles. The Kier molecular flexibility index (Phi) is 2.85. The molecule has 6 heteroatoms. The number of hydrogen-bond donors (Lipinski definition) is 1. The molecule has 12 heavy (non-hydrogen) atoms. The first kappa shape index (κ1) is 9.67. The maximum atomic E-state index is 12.2. The van der Waals surface area contributed by atoms with Gasteiger partial charge in [0.05, 0.1) is 5.69 Å². The third-order valence-electron chi connectivity index (χ3n) is 1.25. The van der Waals surface area contributed by atoms with Crippen LogP contribution in [0.5, 0.6) is 0 Å². The van der Waals surface area contributed by atoms with E-state index in [1.165, 1.54) is 0 Å². The number of anilines is 1. The average Bonchev–Trinajstić information content (AvgIpc) is 1.96. The topological polar surface area (TPSA) is 38.9 Å². The lowest BCUT2D eigenvalue weighted by molar-refractivity contribution is 0.152. The van der Waals surface area contributed by atoms with E-state index < -0.39 is 6.43 Å². The quantitative estimate of drug-likeness (QED) is 0.786. The highest BCUT2D eigenvalue weighted by Gasteiger charge is 2.15. The summed E-state index contributed by atoms with van der Waals surface area (Å²) in [5, 5.41) is -0.00799. The molecule has 0 radical (unpaired) electrons. The molecule has 66 valence electrons. The Labute approximate surface area is 80.9 Å². The summed E-state index contributed by atoms with van der Waals surface area (Å²) in [6, 6.07) is 1.05. The Morgan fingerprint density at radius 2 is 2.17 bits per heavy atom. The second-order valence-electron chi connectivity index (χ2n) is 2.04. The average molecular weight is 257 g/mol. The Balaban J connectivity index is 3.28. The van der Waals surface area contributed by atoms with Gasteiger partial charge in [0, 0.05) is 5.56 Å². The van der Waals surface area contributed by atoms with Crippen molar-refractivity contribution < 1.29 is 8.78 Å². The van der Waals surface area contributed by atoms with Crippen molar-refractivity contribution in [1.82, 2.24) is 4.98 Å². The molecule has 2 N–H and O–H groups in total. The summed E-state index contributed by atoms with van der Waals surface area (Å²) < 4.78 is 24.5. The summed E-state index contributed by atoms with van der Waals surface area (Å²) in [5.74, 6) is 0. The summed E-state index contributed by atoms with van der Waals surface area (Å²) in [6.07, 6.45) is -2.64. The van der Waals surface area contributed by atoms with Gasteiger partial charge < -0.3 is 5.73 Å². The van der Waals surface area contributed by atoms with Gasteiger partial charge in [0.1, 0.15) is 9.76 Å². The predicted molar refractivity (Wildman–Crippen MR) is 46.3 cm³/mol. The zero-order chi connectivity index (χ0) is 9.30. The van der Waals surface area contributed by atoms with Crippen molar-refractivity contribution in [2.75, 3.05) is 5.73 Å². The SMILES string of the molecule is Nc1c(C(F)F)cc(Cl)nc1Br. The lowest BCUT2D eigenvalue weighted by Gasteiger charge is -2.05. The maximum Gasteiger partial charge on any atom is 0.266 e. The number of nitrogen functional groups attached to an aromatic ring is 1. The molecule has 0 unspecified atom stereocenters. The summed E-state index contributed by atoms with van der Waals surface area (Å²) >= 11 is 8.35. The number of hydrogen-bond acceptors (Lipinski definition) is 2. The van der Waals surface area contributed by atoms with E-state index in [4.69, 9.17) is 17.3 Å². The highest BCUT2D eigenvalue weighted by atomic mass is 79.9. The minimum absolute atomic E-state index is 0.00799. The molecule has 0 aromatic carbocycles. The second-order valence-corrected chi connectivity index (χ2v) is 3.18. The minimum Gasteiger partial charge on any atom is -0.396 e. The maximum absolute atomic E-state index is 12.2. The first-order valence-corrected chi connectivity index (χ1v) is 4.09. The van der Waals surface area contributed by atoms with E-state index in [1.807, 2.05) is 0 Å². The standard InChI is InChI=1S/C6H4BrClF2N2/c7-5-4(11)2(6(9)10)1-3(8)12-5/h1,6H,11H2. The molecular weight excluding hydrogens is 253 g/mol. The fourth-order valence-electron chi connectivity index (χ4n) is 0.692. The first-order valence-electron chi connectivity index (χ1n) is 2.92. The van der Waals surface area contributed by atoms with Crippen LogP contribution in [-0.4, -0.2) is 4.98 Å². The van der Waals surface area contributed by atoms with E-state index >= 15 is 0 Å². The van der Waals surface area contributed by atoms with Crippen LogP contribution in [0.1, 0.15) is 12.0 Å². The summed E-state index contributed by atoms with van der Waals surface area (Å²) in [4.78, 5) is 3.64. The van der Waals surface area contributed by atoms with Gasteiger partial charge in [-0.3, -0.25) is 0 Å². The molecule has 1 heterocycles. The largest absolute Gasteiger partial charge is 0.396 e. The van der Waals surface area contributed by atoms with Crippen molar-refractivity contribution in [2.24, 2.45) is 0 Å². The molecular formula is C6H4BrClF2N2. The van der Waals surface area contributed by atoms with Gasteiger partial charge >= 0.3 is 0 Å². The molecule has 0 saturated heterocycles. The summed E-state index contributed by atoms with van der Waals surface area (Å²) in [6.45, 7) is 0. The first-order chi connectivity index (χ1) is 5.52. The number of nitrogens with zero attached hydrogens (tertiary/aromatic N) is 1. The van der Waals surface area contributed by atoms with Crippen molar-refractivity contribution in [3.63, 3.8) is 0 Å². The van der Waals surface area contributed by atoms with Gasteiger partial charge in [-0.2, -0.15) is 0 Å². The number of nitrogens with two attached hydrogens (primary N) is 1. The molecule has 0 atom stereocenters. The second kappa shape index (κ2) is 3.53. The molecule has 1 aromatic heterocycles. The fraction of sp³-hybridized carbons (Fsp3) is 0.167. The van der Waals surface area contributed by atoms with Crippen LogP contribution >= 0.6 is 27.5 Å². The van der Waals surface area contributed by atoms with Crippen LogP contribution in [0.15, 0.2) is 10.7 Å². The number of rotatable bonds is 1. The van der Waals surface area contributed by atoms with Crippen molar-refractivity contribution in [1.29, 1.82) is 0 Å². The van der Waals surface area contributed by atoms with Crippen molar-refractivity contribution in [3.8, 4) is 0 Å². The molecule has 1 rings (SSSR count). The van der Waals surface area contributed by atoms with Crippen molar-refractivity contribution in [2.45, 2.75) is 6.43 Å². The third-order valence-corrected chi connectivity index (χ3v) is 2.05. The van der Waals surface area contributed by atoms with E-state index in [0.717, 1.165) is 6.07 Å². The number of halogens is 4. The van der Waals surface area contributed by atoms with E-state index in [2.05, 4.69) is 20.9 Å². The molecule has 0 aliphatic heterocycles. The summed E-state index contributed by atoms with van der Waals surface area (Å²) in [5.41, 5.74) is 4.93. The highest BCUT2D eigenvalue weighted by Crippen LogP contribution is 2.31. The van der Waals surface area contributed by atoms with E-state index in [0.29, 0.717) is 0 Å². The Hall–Kier alpha value is -0.420. The number of pyridine rings is 1. The Bertz CT molecular complexity index is 306. The molecule has 0 bridgehead atoms. The van der Waals surface area contributed by atoms with Gasteiger partial charge in [-0.25, -0.2) is 13.8 Å². The number of aromatic nitrogens is 1. The van der Waals surface area contributed by atoms with Crippen LogP contribution < -0.4 is 5.73 Å². The zero-order valence-electron chi connectivity index (χ0n) is 5.69. The predicted octanol–water partition coefficient (Wildman–Crippen LogP) is 3.02. The van der Waals surface area contributed by atoms with Crippen LogP contribution in [0.2, 0.25) is 5.15 Å². The van der Waals surface area contributed by atoms with Gasteiger partial charge in [0.25, 0.3) is 6.43 Å². The minimum atomic E-state index is -2.64. The van der Waals surface area contributed by atoms with Crippen LogP contribution in [0.4, 0.5) is 14.5 Å². The summed E-state index contributed by atoms with van der Waals surface area (Å²) in [7, 11) is 0. The normalized spacial score (nSPS) is 10.8. The van der Waals surface area contributed by atoms with Gasteiger partial charge in [0.15, 0.2) is 0 Å². The Morgan fingerprint density at radius 1 is 1.58 bits per heavy atom. The van der Waals surface area contributed by atoms with E-state index in [-0.39, 0.29) is 21.0 Å². The van der Waals surface area contributed by atoms with Gasteiger partial charge in [-0.05, 0) is 22.0 Å². The van der Waals surface area contributed by atoms with Crippen LogP contribution in [-0.2, 0) is 0 Å². The fourth-order valence-corrected chi connectivity index (χ4v) is 1.42. The monoisotopic (exact) mass is 256 g/mol. The molecule has 0 fully saturated rings. The highest BCUT2D eigenvalue weighted by molar-refractivity contribution is 9.10. The third kappa shape index (κ3) is 1.84. The van der Waals surface area contributed by atoms with Crippen molar-refractivity contribution >= 4 is 33.2 Å². The van der Waals surface area contributed by atoms with E-state index in [1.54, 1.807) is 0 Å².